The van der Waals surface area contributed by atoms with Crippen LogP contribution in [0, 0.1) is 6.92 Å². The highest BCUT2D eigenvalue weighted by atomic mass is 32.1. The number of hydrogen-bond donors (Lipinski definition) is 1. The van der Waals surface area contributed by atoms with E-state index in [2.05, 4.69) is 19.7 Å². The fourth-order valence-electron chi connectivity index (χ4n) is 2.07. The van der Waals surface area contributed by atoms with E-state index in [1.54, 1.807) is 11.3 Å². The van der Waals surface area contributed by atoms with Crippen LogP contribution >= 0.6 is 11.3 Å². The molecule has 84 valence electrons. The third-order valence-corrected chi connectivity index (χ3v) is 4.00. The van der Waals surface area contributed by atoms with Gasteiger partial charge in [0.05, 0.1) is 10.6 Å². The van der Waals surface area contributed by atoms with Crippen LogP contribution in [0.1, 0.15) is 22.9 Å². The van der Waals surface area contributed by atoms with Gasteiger partial charge in [-0.25, -0.2) is 4.98 Å². The minimum atomic E-state index is 0.493. The minimum Gasteiger partial charge on any atom is -0.325 e. The van der Waals surface area contributed by atoms with Crippen molar-refractivity contribution in [3.8, 4) is 10.7 Å². The summed E-state index contributed by atoms with van der Waals surface area (Å²) in [6.45, 7) is 3.51. The Bertz CT molecular complexity index is 527. The number of aryl methyl sites for hydroxylation is 2. The zero-order valence-electron chi connectivity index (χ0n) is 9.10. The van der Waals surface area contributed by atoms with Crippen LogP contribution in [-0.2, 0) is 19.5 Å². The van der Waals surface area contributed by atoms with Gasteiger partial charge in [-0.15, -0.1) is 21.5 Å². The number of nitrogens with zero attached hydrogens (tertiary/aromatic N) is 4. The van der Waals surface area contributed by atoms with Crippen molar-refractivity contribution in [3.05, 3.63) is 16.5 Å². The molecule has 0 unspecified atom stereocenters. The normalized spacial score (nSPS) is 14.4. The van der Waals surface area contributed by atoms with Gasteiger partial charge in [0, 0.05) is 19.5 Å². The van der Waals surface area contributed by atoms with Crippen LogP contribution in [0.5, 0.6) is 0 Å². The SMILES string of the molecule is Cc1nc(CN)sc1-c1nnc2n1CCC2. The standard InChI is InChI=1S/C10H13N5S/c1-6-9(16-8(5-11)12-6)10-14-13-7-3-2-4-15(7)10/h2-5,11H2,1H3. The van der Waals surface area contributed by atoms with Crippen molar-refractivity contribution in [3.63, 3.8) is 0 Å². The fraction of sp³-hybridized carbons (Fsp3) is 0.500. The molecule has 5 nitrogen and oxygen atoms in total. The van der Waals surface area contributed by atoms with E-state index in [1.165, 1.54) is 6.42 Å². The van der Waals surface area contributed by atoms with Gasteiger partial charge in [-0.1, -0.05) is 0 Å². The maximum Gasteiger partial charge on any atom is 0.175 e. The molecule has 2 aromatic heterocycles. The first-order chi connectivity index (χ1) is 7.79. The van der Waals surface area contributed by atoms with Gasteiger partial charge in [-0.05, 0) is 13.3 Å². The molecule has 2 N–H and O–H groups in total. The van der Waals surface area contributed by atoms with Crippen LogP contribution in [0.3, 0.4) is 0 Å². The van der Waals surface area contributed by atoms with Gasteiger partial charge < -0.3 is 10.3 Å². The van der Waals surface area contributed by atoms with E-state index in [0.29, 0.717) is 6.54 Å². The summed E-state index contributed by atoms with van der Waals surface area (Å²) in [6, 6.07) is 0. The van der Waals surface area contributed by atoms with Crippen LogP contribution in [0.4, 0.5) is 0 Å². The summed E-state index contributed by atoms with van der Waals surface area (Å²) in [4.78, 5) is 5.54. The molecular formula is C10H13N5S. The zero-order valence-corrected chi connectivity index (χ0v) is 9.92. The second kappa shape index (κ2) is 3.64. The van der Waals surface area contributed by atoms with E-state index in [0.717, 1.165) is 40.2 Å². The molecule has 0 bridgehead atoms. The van der Waals surface area contributed by atoms with E-state index < -0.39 is 0 Å². The first-order valence-electron chi connectivity index (χ1n) is 5.38. The van der Waals surface area contributed by atoms with E-state index in [-0.39, 0.29) is 0 Å². The lowest BCUT2D eigenvalue weighted by Gasteiger charge is -1.99. The molecule has 0 radical (unpaired) electrons. The summed E-state index contributed by atoms with van der Waals surface area (Å²) < 4.78 is 2.20. The van der Waals surface area contributed by atoms with Crippen LogP contribution in [0.25, 0.3) is 10.7 Å². The fourth-order valence-corrected chi connectivity index (χ4v) is 3.00. The van der Waals surface area contributed by atoms with Gasteiger partial charge in [0.1, 0.15) is 10.8 Å². The van der Waals surface area contributed by atoms with E-state index in [4.69, 9.17) is 5.73 Å². The van der Waals surface area contributed by atoms with Gasteiger partial charge in [0.25, 0.3) is 0 Å². The number of aromatic nitrogens is 4. The van der Waals surface area contributed by atoms with Crippen molar-refractivity contribution >= 4 is 11.3 Å². The van der Waals surface area contributed by atoms with Crippen LogP contribution in [-0.4, -0.2) is 19.7 Å². The van der Waals surface area contributed by atoms with Crippen molar-refractivity contribution in [2.75, 3.05) is 0 Å². The molecule has 0 saturated carbocycles. The molecule has 0 aliphatic carbocycles. The first-order valence-corrected chi connectivity index (χ1v) is 6.20. The van der Waals surface area contributed by atoms with Gasteiger partial charge in [-0.3, -0.25) is 0 Å². The molecule has 0 atom stereocenters. The summed E-state index contributed by atoms with van der Waals surface area (Å²) in [6.07, 6.45) is 2.20. The van der Waals surface area contributed by atoms with Crippen molar-refractivity contribution < 1.29 is 0 Å². The maximum atomic E-state index is 5.60. The van der Waals surface area contributed by atoms with E-state index in [9.17, 15) is 0 Å². The Hall–Kier alpha value is -1.27. The van der Waals surface area contributed by atoms with Gasteiger partial charge in [-0.2, -0.15) is 0 Å². The Morgan fingerprint density at radius 1 is 1.44 bits per heavy atom. The van der Waals surface area contributed by atoms with Crippen molar-refractivity contribution in [2.24, 2.45) is 5.73 Å². The largest absolute Gasteiger partial charge is 0.325 e. The lowest BCUT2D eigenvalue weighted by Crippen LogP contribution is -1.95. The highest BCUT2D eigenvalue weighted by Gasteiger charge is 2.21. The smallest absolute Gasteiger partial charge is 0.175 e. The molecule has 1 aliphatic rings. The average Bonchev–Trinajstić information content (AvgIpc) is 2.91. The molecule has 2 aromatic rings. The van der Waals surface area contributed by atoms with Crippen LogP contribution < -0.4 is 5.73 Å². The Balaban J connectivity index is 2.11. The summed E-state index contributed by atoms with van der Waals surface area (Å²) in [5.41, 5.74) is 6.61. The van der Waals surface area contributed by atoms with Crippen molar-refractivity contribution in [2.45, 2.75) is 32.9 Å². The Labute approximate surface area is 97.3 Å². The number of thiazole rings is 1. The Morgan fingerprint density at radius 3 is 3.06 bits per heavy atom. The molecule has 0 fully saturated rings. The Morgan fingerprint density at radius 2 is 2.31 bits per heavy atom. The minimum absolute atomic E-state index is 0.493. The van der Waals surface area contributed by atoms with Crippen molar-refractivity contribution in [1.82, 2.24) is 19.7 Å². The highest BCUT2D eigenvalue weighted by Crippen LogP contribution is 2.30. The predicted molar refractivity (Wildman–Crippen MR) is 62.1 cm³/mol. The molecule has 1 aliphatic heterocycles. The average molecular weight is 235 g/mol. The van der Waals surface area contributed by atoms with Crippen molar-refractivity contribution in [1.29, 1.82) is 0 Å². The topological polar surface area (TPSA) is 69.6 Å². The Kier molecular flexibility index (Phi) is 2.26. The molecule has 0 spiro atoms. The molecule has 0 saturated heterocycles. The summed E-state index contributed by atoms with van der Waals surface area (Å²) >= 11 is 1.62. The third kappa shape index (κ3) is 1.37. The number of rotatable bonds is 2. The molecule has 0 amide bonds. The number of hydrogen-bond acceptors (Lipinski definition) is 5. The number of fused-ring (bicyclic) bond motifs is 1. The highest BCUT2D eigenvalue weighted by molar-refractivity contribution is 7.15. The van der Waals surface area contributed by atoms with Gasteiger partial charge in [0.15, 0.2) is 5.82 Å². The number of nitrogens with two attached hydrogens (primary N) is 1. The summed E-state index contributed by atoms with van der Waals surface area (Å²) in [5.74, 6) is 2.05. The van der Waals surface area contributed by atoms with Gasteiger partial charge in [0.2, 0.25) is 0 Å². The molecule has 16 heavy (non-hydrogen) atoms. The lowest BCUT2D eigenvalue weighted by atomic mass is 10.3. The van der Waals surface area contributed by atoms with E-state index >= 15 is 0 Å². The maximum absolute atomic E-state index is 5.60. The van der Waals surface area contributed by atoms with Gasteiger partial charge >= 0.3 is 0 Å². The zero-order chi connectivity index (χ0) is 11.1. The molecule has 0 aromatic carbocycles. The predicted octanol–water partition coefficient (Wildman–Crippen LogP) is 1.11. The summed E-state index contributed by atoms with van der Waals surface area (Å²) in [7, 11) is 0. The van der Waals surface area contributed by atoms with Crippen LogP contribution in [0.2, 0.25) is 0 Å². The first kappa shape index (κ1) is 9.92. The quantitative estimate of drug-likeness (QED) is 0.846. The molecular weight excluding hydrogens is 222 g/mol. The lowest BCUT2D eigenvalue weighted by molar-refractivity contribution is 0.749. The summed E-state index contributed by atoms with van der Waals surface area (Å²) in [5, 5.41) is 9.43. The molecule has 3 rings (SSSR count). The monoisotopic (exact) mass is 235 g/mol. The van der Waals surface area contributed by atoms with E-state index in [1.807, 2.05) is 6.92 Å². The van der Waals surface area contributed by atoms with Crippen LogP contribution in [0.15, 0.2) is 0 Å². The molecule has 3 heterocycles. The third-order valence-electron chi connectivity index (χ3n) is 2.83. The second-order valence-electron chi connectivity index (χ2n) is 3.92. The second-order valence-corrected chi connectivity index (χ2v) is 5.00. The molecule has 6 heteroatoms.